The molecule has 6 nitrogen and oxygen atoms in total. The highest BCUT2D eigenvalue weighted by Gasteiger charge is 2.32. The van der Waals surface area contributed by atoms with Gasteiger partial charge >= 0.3 is 0 Å². The summed E-state index contributed by atoms with van der Waals surface area (Å²) in [4.78, 5) is 13.3. The molecule has 8 heteroatoms. The minimum Gasteiger partial charge on any atom is -0.507 e. The number of methoxy groups -OCH3 is 1. The van der Waals surface area contributed by atoms with Crippen LogP contribution in [0.5, 0.6) is 11.5 Å². The molecule has 1 amide bonds. The van der Waals surface area contributed by atoms with Crippen molar-refractivity contribution in [3.63, 3.8) is 0 Å². The van der Waals surface area contributed by atoms with Crippen molar-refractivity contribution in [2.75, 3.05) is 7.11 Å². The van der Waals surface area contributed by atoms with Gasteiger partial charge in [-0.1, -0.05) is 58.4 Å². The Balaban J connectivity index is 1.64. The molecular weight excluding hydrogens is 514 g/mol. The minimum absolute atomic E-state index is 0.127. The predicted octanol–water partition coefficient (Wildman–Crippen LogP) is 6.69. The molecule has 1 fully saturated rings. The van der Waals surface area contributed by atoms with Crippen LogP contribution >= 0.6 is 27.7 Å². The Kier molecular flexibility index (Phi) is 6.17. The Hall–Kier alpha value is -3.49. The number of amides is 1. The fraction of sp³-hybridized carbons (Fsp3) is 0.0769. The second-order valence-corrected chi connectivity index (χ2v) is 9.61. The number of phenols is 1. The summed E-state index contributed by atoms with van der Waals surface area (Å²) in [5.74, 6) is 0.889. The Morgan fingerprint density at radius 3 is 2.59 bits per heavy atom. The average Bonchev–Trinajstić information content (AvgIpc) is 3.45. The van der Waals surface area contributed by atoms with Gasteiger partial charge in [-0.15, -0.1) is 0 Å². The van der Waals surface area contributed by atoms with E-state index in [9.17, 15) is 9.90 Å². The monoisotopic (exact) mass is 533 g/mol. The van der Waals surface area contributed by atoms with Crippen LogP contribution in [0.15, 0.2) is 88.2 Å². The number of carbonyl (C=O) groups excluding carboxylic acids is 1. The van der Waals surface area contributed by atoms with Gasteiger partial charge < -0.3 is 15.2 Å². The van der Waals surface area contributed by atoms with Gasteiger partial charge in [-0.3, -0.25) is 4.79 Å². The van der Waals surface area contributed by atoms with E-state index in [1.165, 1.54) is 0 Å². The molecule has 1 aromatic heterocycles. The van der Waals surface area contributed by atoms with Crippen molar-refractivity contribution < 1.29 is 14.6 Å². The number of rotatable bonds is 5. The predicted molar refractivity (Wildman–Crippen MR) is 139 cm³/mol. The lowest BCUT2D eigenvalue weighted by Crippen LogP contribution is -2.25. The second-order valence-electron chi connectivity index (χ2n) is 7.64. The molecule has 2 N–H and O–H groups in total. The zero-order valence-corrected chi connectivity index (χ0v) is 20.5. The molecule has 0 radical (unpaired) electrons. The van der Waals surface area contributed by atoms with E-state index in [2.05, 4.69) is 21.2 Å². The van der Waals surface area contributed by atoms with Gasteiger partial charge in [0.15, 0.2) is 6.17 Å². The lowest BCUT2D eigenvalue weighted by Gasteiger charge is -2.17. The lowest BCUT2D eigenvalue weighted by molar-refractivity contribution is 0.257. The molecule has 3 aromatic carbocycles. The number of thioether (sulfide) groups is 1. The summed E-state index contributed by atoms with van der Waals surface area (Å²) < 4.78 is 7.83. The van der Waals surface area contributed by atoms with Gasteiger partial charge in [-0.25, -0.2) is 4.68 Å². The number of aromatic hydroxyl groups is 1. The van der Waals surface area contributed by atoms with E-state index in [-0.39, 0.29) is 11.0 Å². The van der Waals surface area contributed by atoms with Crippen LogP contribution in [0.4, 0.5) is 4.79 Å². The molecule has 1 aliphatic rings. The molecule has 1 atom stereocenters. The number of halogens is 1. The molecule has 170 valence electrons. The van der Waals surface area contributed by atoms with Crippen LogP contribution < -0.4 is 10.1 Å². The molecule has 1 saturated heterocycles. The second kappa shape index (κ2) is 9.40. The van der Waals surface area contributed by atoms with Gasteiger partial charge in [0.05, 0.1) is 18.5 Å². The van der Waals surface area contributed by atoms with Gasteiger partial charge in [0.2, 0.25) is 0 Å². The maximum absolute atomic E-state index is 12.5. The average molecular weight is 534 g/mol. The van der Waals surface area contributed by atoms with E-state index in [0.717, 1.165) is 43.7 Å². The van der Waals surface area contributed by atoms with Gasteiger partial charge in [-0.05, 0) is 59.8 Å². The normalized spacial score (nSPS) is 16.6. The standard InChI is InChI=1S/C26H20BrN3O3S/c1-33-19-10-7-16(8-11-19)13-24-25(28-26(32)34-24)30-22(20-14-18(27)9-12-23(20)31)15-21(29-30)17-5-3-2-4-6-17/h2-15,25,31H,1H3,(H,28,32). The van der Waals surface area contributed by atoms with Crippen molar-refractivity contribution in [2.24, 2.45) is 0 Å². The Labute approximate surface area is 209 Å². The SMILES string of the molecule is COc1ccc(C=C2SC(=O)NC2n2nc(-c3ccccc3)cc2-c2cc(Br)ccc2O)cc1. The number of hydrogen-bond donors (Lipinski definition) is 2. The first-order valence-electron chi connectivity index (χ1n) is 10.5. The molecule has 0 saturated carbocycles. The van der Waals surface area contributed by atoms with Crippen molar-refractivity contribution in [3.05, 3.63) is 93.8 Å². The topological polar surface area (TPSA) is 76.4 Å². The van der Waals surface area contributed by atoms with E-state index in [0.29, 0.717) is 11.3 Å². The highest BCUT2D eigenvalue weighted by atomic mass is 79.9. The molecule has 2 heterocycles. The number of ether oxygens (including phenoxy) is 1. The highest BCUT2D eigenvalue weighted by Crippen LogP contribution is 2.41. The van der Waals surface area contributed by atoms with Crippen molar-refractivity contribution in [3.8, 4) is 34.0 Å². The Morgan fingerprint density at radius 1 is 1.09 bits per heavy atom. The van der Waals surface area contributed by atoms with Crippen molar-refractivity contribution >= 4 is 39.0 Å². The van der Waals surface area contributed by atoms with Gasteiger partial charge in [0.25, 0.3) is 5.24 Å². The number of nitrogens with zero attached hydrogens (tertiary/aromatic N) is 2. The maximum Gasteiger partial charge on any atom is 0.285 e. The van der Waals surface area contributed by atoms with Crippen LogP contribution in [0.25, 0.3) is 28.6 Å². The highest BCUT2D eigenvalue weighted by molar-refractivity contribution is 9.10. The number of aromatic nitrogens is 2. The molecule has 4 aromatic rings. The maximum atomic E-state index is 12.5. The van der Waals surface area contributed by atoms with Crippen molar-refractivity contribution in [1.82, 2.24) is 15.1 Å². The van der Waals surface area contributed by atoms with Crippen LogP contribution in [0.3, 0.4) is 0 Å². The van der Waals surface area contributed by atoms with Crippen LogP contribution in [-0.2, 0) is 0 Å². The van der Waals surface area contributed by atoms with Gasteiger partial charge in [-0.2, -0.15) is 5.10 Å². The summed E-state index contributed by atoms with van der Waals surface area (Å²) in [5.41, 5.74) is 3.91. The molecule has 0 aliphatic carbocycles. The zero-order valence-electron chi connectivity index (χ0n) is 18.1. The summed E-state index contributed by atoms with van der Waals surface area (Å²) >= 11 is 4.63. The molecule has 1 unspecified atom stereocenters. The van der Waals surface area contributed by atoms with Crippen LogP contribution in [0, 0.1) is 0 Å². The number of benzene rings is 3. The quantitative estimate of drug-likeness (QED) is 0.298. The first-order chi connectivity index (χ1) is 16.5. The third kappa shape index (κ3) is 4.47. The third-order valence-electron chi connectivity index (χ3n) is 5.44. The van der Waals surface area contributed by atoms with Crippen molar-refractivity contribution in [1.29, 1.82) is 0 Å². The fourth-order valence-electron chi connectivity index (χ4n) is 3.79. The molecule has 0 bridgehead atoms. The lowest BCUT2D eigenvalue weighted by atomic mass is 10.1. The number of nitrogens with one attached hydrogen (secondary N) is 1. The van der Waals surface area contributed by atoms with Crippen LogP contribution in [0.2, 0.25) is 0 Å². The van der Waals surface area contributed by atoms with E-state index in [1.807, 2.05) is 72.8 Å². The Morgan fingerprint density at radius 2 is 1.85 bits per heavy atom. The Bertz CT molecular complexity index is 1380. The number of hydrogen-bond acceptors (Lipinski definition) is 5. The van der Waals surface area contributed by atoms with Crippen molar-refractivity contribution in [2.45, 2.75) is 6.17 Å². The smallest absolute Gasteiger partial charge is 0.285 e. The van der Waals surface area contributed by atoms with Crippen LogP contribution in [0.1, 0.15) is 11.7 Å². The van der Waals surface area contributed by atoms with E-state index in [4.69, 9.17) is 9.84 Å². The van der Waals surface area contributed by atoms with E-state index < -0.39 is 6.17 Å². The molecule has 34 heavy (non-hydrogen) atoms. The first-order valence-corrected chi connectivity index (χ1v) is 12.1. The zero-order chi connectivity index (χ0) is 23.7. The molecule has 1 aliphatic heterocycles. The summed E-state index contributed by atoms with van der Waals surface area (Å²) in [6, 6.07) is 24.6. The van der Waals surface area contributed by atoms with Gasteiger partial charge in [0.1, 0.15) is 11.5 Å². The van der Waals surface area contributed by atoms with E-state index in [1.54, 1.807) is 23.9 Å². The molecule has 0 spiro atoms. The molecular formula is C26H20BrN3O3S. The number of carbonyl (C=O) groups is 1. The number of phenolic OH excluding ortho intramolecular Hbond substituents is 1. The summed E-state index contributed by atoms with van der Waals surface area (Å²) in [7, 11) is 1.62. The first kappa shape index (κ1) is 22.3. The minimum atomic E-state index is -0.523. The summed E-state index contributed by atoms with van der Waals surface area (Å²) in [6.07, 6.45) is 1.44. The van der Waals surface area contributed by atoms with E-state index >= 15 is 0 Å². The van der Waals surface area contributed by atoms with Crippen LogP contribution in [-0.4, -0.2) is 27.2 Å². The third-order valence-corrected chi connectivity index (χ3v) is 6.82. The largest absolute Gasteiger partial charge is 0.507 e. The van der Waals surface area contributed by atoms with Gasteiger partial charge in [0, 0.05) is 20.5 Å². The molecule has 5 rings (SSSR count). The summed E-state index contributed by atoms with van der Waals surface area (Å²) in [5, 5.41) is 18.4. The summed E-state index contributed by atoms with van der Waals surface area (Å²) in [6.45, 7) is 0. The fourth-order valence-corrected chi connectivity index (χ4v) is 5.00.